The van der Waals surface area contributed by atoms with E-state index < -0.39 is 0 Å². The zero-order chi connectivity index (χ0) is 29.0. The van der Waals surface area contributed by atoms with E-state index in [-0.39, 0.29) is 51.0 Å². The Morgan fingerprint density at radius 3 is 1.28 bits per heavy atom. The third-order valence-corrected chi connectivity index (χ3v) is 10.2. The van der Waals surface area contributed by atoms with Gasteiger partial charge in [0.2, 0.25) is 0 Å². The number of aryl methyl sites for hydroxylation is 2. The van der Waals surface area contributed by atoms with Gasteiger partial charge in [-0.3, -0.25) is 0 Å². The molecule has 0 aliphatic heterocycles. The summed E-state index contributed by atoms with van der Waals surface area (Å²) in [6.45, 7) is 0. The van der Waals surface area contributed by atoms with E-state index in [0.29, 0.717) is 0 Å². The second-order valence-corrected chi connectivity index (χ2v) is 12.6. The van der Waals surface area contributed by atoms with Crippen molar-refractivity contribution < 1.29 is 26.2 Å². The van der Waals surface area contributed by atoms with E-state index in [9.17, 15) is 0 Å². The third-order valence-electron chi connectivity index (χ3n) is 10.2. The first kappa shape index (κ1) is 33.5. The van der Waals surface area contributed by atoms with Crippen LogP contribution in [0.3, 0.4) is 0 Å². The molecule has 0 saturated carbocycles. The fraction of sp³-hybridized carbons (Fsp3) is 0.190. The van der Waals surface area contributed by atoms with Crippen molar-refractivity contribution in [3.05, 3.63) is 144 Å². The summed E-state index contributed by atoms with van der Waals surface area (Å²) in [6.07, 6.45) is 10.1. The maximum atomic E-state index is 2.52. The molecule has 2 aliphatic carbocycles. The maximum absolute atomic E-state index is 2.52. The molecule has 0 spiro atoms. The summed E-state index contributed by atoms with van der Waals surface area (Å²) in [7, 11) is 0. The van der Waals surface area contributed by atoms with E-state index in [1.807, 2.05) is 0 Å². The molecule has 0 amide bonds. The van der Waals surface area contributed by atoms with Gasteiger partial charge in [-0.15, -0.1) is 49.1 Å². The van der Waals surface area contributed by atoms with Crippen molar-refractivity contribution in [2.75, 3.05) is 0 Å². The van der Waals surface area contributed by atoms with Gasteiger partial charge in [-0.1, -0.05) is 143 Å². The molecule has 0 atom stereocenters. The number of nitrogens with zero attached hydrogens (tertiary/aromatic N) is 2. The number of para-hydroxylation sites is 2. The molecule has 234 valence electrons. The van der Waals surface area contributed by atoms with Gasteiger partial charge in [-0.2, -0.15) is 0 Å². The summed E-state index contributed by atoms with van der Waals surface area (Å²) in [6, 6.07) is 44.3. The summed E-state index contributed by atoms with van der Waals surface area (Å²) < 4.78 is 5.04. The number of benzene rings is 4. The second kappa shape index (κ2) is 14.0. The molecule has 2 aromatic heterocycles. The molecule has 0 saturated heterocycles. The number of halogens is 2. The number of hydrogen-bond donors (Lipinski definition) is 0. The van der Waals surface area contributed by atoms with Crippen LogP contribution >= 0.6 is 24.8 Å². The van der Waals surface area contributed by atoms with Crippen LogP contribution in [-0.4, -0.2) is 9.13 Å². The summed E-state index contributed by atoms with van der Waals surface area (Å²) in [4.78, 5) is 0. The SMILES string of the molecule is Cl.Cl.[Zr+2].c1ccc2c(c1)cc[c-]2-n1c2c(c3ccccc31)CCCC2.c1ccc2c(c1)cc[c-]2-n1c2c(c3ccccc31)CCCC2. The minimum atomic E-state index is 0. The molecule has 5 heteroatoms. The van der Waals surface area contributed by atoms with E-state index in [4.69, 9.17) is 0 Å². The monoisotopic (exact) mass is 730 g/mol. The van der Waals surface area contributed by atoms with E-state index in [2.05, 4.69) is 130 Å². The van der Waals surface area contributed by atoms with Gasteiger partial charge in [0.15, 0.2) is 0 Å². The van der Waals surface area contributed by atoms with Crippen molar-refractivity contribution in [3.63, 3.8) is 0 Å². The predicted molar refractivity (Wildman–Crippen MR) is 201 cm³/mol. The zero-order valence-corrected chi connectivity index (χ0v) is 30.5. The molecule has 8 aromatic rings. The van der Waals surface area contributed by atoms with Crippen molar-refractivity contribution in [2.24, 2.45) is 0 Å². The van der Waals surface area contributed by atoms with E-state index in [1.165, 1.54) is 117 Å². The Morgan fingerprint density at radius 1 is 0.426 bits per heavy atom. The van der Waals surface area contributed by atoms with Crippen molar-refractivity contribution in [1.82, 2.24) is 9.13 Å². The Labute approximate surface area is 308 Å². The maximum Gasteiger partial charge on any atom is 2.00 e. The van der Waals surface area contributed by atoms with Crippen molar-refractivity contribution >= 4 is 68.2 Å². The average Bonchev–Trinajstić information content (AvgIpc) is 3.86. The number of aromatic nitrogens is 2. The molecule has 10 rings (SSSR count). The minimum absolute atomic E-state index is 0. The fourth-order valence-corrected chi connectivity index (χ4v) is 8.20. The van der Waals surface area contributed by atoms with Gasteiger partial charge in [-0.25, -0.2) is 0 Å². The molecule has 47 heavy (non-hydrogen) atoms. The van der Waals surface area contributed by atoms with Gasteiger partial charge in [0.25, 0.3) is 0 Å². The van der Waals surface area contributed by atoms with Crippen molar-refractivity contribution in [3.8, 4) is 11.4 Å². The van der Waals surface area contributed by atoms with Gasteiger partial charge < -0.3 is 9.13 Å². The Morgan fingerprint density at radius 2 is 0.809 bits per heavy atom. The molecule has 0 N–H and O–H groups in total. The van der Waals surface area contributed by atoms with Crippen molar-refractivity contribution in [2.45, 2.75) is 51.4 Å². The first-order chi connectivity index (χ1) is 21.9. The van der Waals surface area contributed by atoms with Gasteiger partial charge in [0.05, 0.1) is 0 Å². The second-order valence-electron chi connectivity index (χ2n) is 12.6. The molecule has 6 aromatic carbocycles. The van der Waals surface area contributed by atoms with E-state index in [0.717, 1.165) is 0 Å². The van der Waals surface area contributed by atoms with Gasteiger partial charge in [0.1, 0.15) is 0 Å². The number of fused-ring (bicyclic) bond motifs is 8. The Bertz CT molecular complexity index is 2150. The fourth-order valence-electron chi connectivity index (χ4n) is 8.20. The first-order valence-electron chi connectivity index (χ1n) is 16.4. The molecular weight excluding hydrogens is 695 g/mol. The van der Waals surface area contributed by atoms with Gasteiger partial charge in [0, 0.05) is 0 Å². The molecule has 2 aliphatic rings. The topological polar surface area (TPSA) is 9.86 Å². The summed E-state index contributed by atoms with van der Waals surface area (Å²) in [5.41, 5.74) is 11.6. The normalized spacial score (nSPS) is 13.6. The molecule has 0 bridgehead atoms. The summed E-state index contributed by atoms with van der Waals surface area (Å²) in [5, 5.41) is 8.28. The third kappa shape index (κ3) is 5.55. The van der Waals surface area contributed by atoms with Crippen LogP contribution in [0.4, 0.5) is 0 Å². The zero-order valence-electron chi connectivity index (χ0n) is 26.4. The molecule has 2 nitrogen and oxygen atoms in total. The van der Waals surface area contributed by atoms with Crippen LogP contribution < -0.4 is 0 Å². The average molecular weight is 733 g/mol. The van der Waals surface area contributed by atoms with Crippen LogP contribution in [-0.2, 0) is 51.9 Å². The van der Waals surface area contributed by atoms with E-state index >= 15 is 0 Å². The molecule has 0 unspecified atom stereocenters. The number of hydrogen-bond acceptors (Lipinski definition) is 0. The van der Waals surface area contributed by atoms with Crippen LogP contribution in [0.2, 0.25) is 0 Å². The first-order valence-corrected chi connectivity index (χ1v) is 16.4. The quantitative estimate of drug-likeness (QED) is 0.157. The Balaban J connectivity index is 0.000000155. The molecule has 0 fully saturated rings. The van der Waals surface area contributed by atoms with Crippen LogP contribution in [0.15, 0.2) is 121 Å². The number of rotatable bonds is 2. The summed E-state index contributed by atoms with van der Waals surface area (Å²) >= 11 is 0. The molecular formula is C42H38Cl2N2Zr. The van der Waals surface area contributed by atoms with Crippen molar-refractivity contribution in [1.29, 1.82) is 0 Å². The Kier molecular flexibility index (Phi) is 10.0. The van der Waals surface area contributed by atoms with Crippen LogP contribution in [0.5, 0.6) is 0 Å². The van der Waals surface area contributed by atoms with Crippen LogP contribution in [0.25, 0.3) is 54.7 Å². The van der Waals surface area contributed by atoms with E-state index in [1.54, 1.807) is 11.1 Å². The predicted octanol–water partition coefficient (Wildman–Crippen LogP) is 11.6. The Hall–Kier alpha value is -3.36. The smallest absolute Gasteiger partial charge is 0.393 e. The van der Waals surface area contributed by atoms with Gasteiger partial charge in [-0.05, 0) is 83.1 Å². The minimum Gasteiger partial charge on any atom is -0.393 e. The van der Waals surface area contributed by atoms with Crippen LogP contribution in [0, 0.1) is 0 Å². The molecule has 0 radical (unpaired) electrons. The largest absolute Gasteiger partial charge is 2.00 e. The summed E-state index contributed by atoms with van der Waals surface area (Å²) in [5.74, 6) is 0. The molecule has 2 heterocycles. The van der Waals surface area contributed by atoms with Crippen LogP contribution in [0.1, 0.15) is 48.2 Å². The van der Waals surface area contributed by atoms with Gasteiger partial charge >= 0.3 is 26.2 Å². The standard InChI is InChI=1S/2C21H18N.2ClH.Zr/c2*1-2-8-16-15(7-1)13-14-21(16)22-19-11-5-3-9-17(19)18-10-4-6-12-20(18)22;;;/h2*1-3,5,7-9,11,13-14H,4,6,10,12H2;2*1H;/q2*-1;;;+2.